The monoisotopic (exact) mass is 301 g/mol. The average molecular weight is 302 g/mol. The Labute approximate surface area is 121 Å². The molecule has 4 nitrogen and oxygen atoms in total. The molecule has 0 aliphatic heterocycles. The third-order valence-corrected chi connectivity index (χ3v) is 3.92. The second kappa shape index (κ2) is 8.07. The normalized spacial score (nSPS) is 11.9. The number of carbonyl (C=O) groups is 2. The number of amides is 1. The summed E-state index contributed by atoms with van der Waals surface area (Å²) in [6.07, 6.45) is 1.13. The molecule has 0 aromatic heterocycles. The Bertz CT molecular complexity index is 453. The molecule has 1 amide bonds. The second-order valence-electron chi connectivity index (χ2n) is 3.97. The van der Waals surface area contributed by atoms with Crippen LogP contribution in [0.1, 0.15) is 19.8 Å². The van der Waals surface area contributed by atoms with Gasteiger partial charge in [-0.2, -0.15) is 0 Å². The van der Waals surface area contributed by atoms with Crippen LogP contribution < -0.4 is 5.32 Å². The third-order valence-electron chi connectivity index (χ3n) is 2.41. The van der Waals surface area contributed by atoms with Crippen LogP contribution in [0.2, 0.25) is 5.02 Å². The second-order valence-corrected chi connectivity index (χ2v) is 5.39. The summed E-state index contributed by atoms with van der Waals surface area (Å²) in [6, 6.07) is 6.40. The van der Waals surface area contributed by atoms with Crippen molar-refractivity contribution in [2.45, 2.75) is 30.7 Å². The van der Waals surface area contributed by atoms with Gasteiger partial charge in [0.2, 0.25) is 5.91 Å². The molecule has 1 aromatic carbocycles. The number of aliphatic carboxylic acids is 1. The van der Waals surface area contributed by atoms with Gasteiger partial charge < -0.3 is 10.4 Å². The number of carboxylic acids is 1. The van der Waals surface area contributed by atoms with Gasteiger partial charge in [-0.1, -0.05) is 37.1 Å². The Morgan fingerprint density at radius 1 is 1.42 bits per heavy atom. The molecule has 2 N–H and O–H groups in total. The number of nitrogens with one attached hydrogen (secondary N) is 1. The van der Waals surface area contributed by atoms with Crippen LogP contribution in [0.25, 0.3) is 0 Å². The van der Waals surface area contributed by atoms with Gasteiger partial charge in [0.05, 0.1) is 10.8 Å². The van der Waals surface area contributed by atoms with E-state index in [0.29, 0.717) is 17.9 Å². The van der Waals surface area contributed by atoms with E-state index in [0.717, 1.165) is 4.90 Å². The van der Waals surface area contributed by atoms with Crippen LogP contribution in [0, 0.1) is 0 Å². The van der Waals surface area contributed by atoms with Gasteiger partial charge in [-0.05, 0) is 18.6 Å². The molecule has 1 rings (SSSR count). The summed E-state index contributed by atoms with van der Waals surface area (Å²) in [6.45, 7) is 1.88. The molecule has 0 heterocycles. The maximum Gasteiger partial charge on any atom is 0.326 e. The molecule has 0 unspecified atom stereocenters. The molecule has 0 spiro atoms. The molecule has 0 aliphatic carbocycles. The molecule has 0 aliphatic rings. The zero-order valence-corrected chi connectivity index (χ0v) is 12.1. The van der Waals surface area contributed by atoms with Crippen LogP contribution in [0.15, 0.2) is 29.2 Å². The Hall–Kier alpha value is -1.20. The summed E-state index contributed by atoms with van der Waals surface area (Å²) in [4.78, 5) is 23.4. The Kier molecular flexibility index (Phi) is 6.73. The highest BCUT2D eigenvalue weighted by atomic mass is 35.5. The van der Waals surface area contributed by atoms with E-state index < -0.39 is 12.0 Å². The van der Waals surface area contributed by atoms with Gasteiger partial charge >= 0.3 is 5.97 Å². The zero-order valence-electron chi connectivity index (χ0n) is 10.6. The van der Waals surface area contributed by atoms with E-state index in [1.54, 1.807) is 6.07 Å². The molecule has 0 saturated carbocycles. The predicted octanol–water partition coefficient (Wildman–Crippen LogP) is 2.80. The number of carboxylic acid groups (broad SMARTS) is 1. The van der Waals surface area contributed by atoms with Gasteiger partial charge in [0.25, 0.3) is 0 Å². The summed E-state index contributed by atoms with van der Waals surface area (Å²) in [5.41, 5.74) is 0. The fourth-order valence-electron chi connectivity index (χ4n) is 1.49. The van der Waals surface area contributed by atoms with Crippen LogP contribution in [0.3, 0.4) is 0 Å². The van der Waals surface area contributed by atoms with Crippen molar-refractivity contribution in [3.63, 3.8) is 0 Å². The van der Waals surface area contributed by atoms with Crippen molar-refractivity contribution >= 4 is 35.2 Å². The van der Waals surface area contributed by atoms with Crippen molar-refractivity contribution in [3.8, 4) is 0 Å². The highest BCUT2D eigenvalue weighted by Gasteiger charge is 2.18. The number of rotatable bonds is 7. The van der Waals surface area contributed by atoms with E-state index in [4.69, 9.17) is 16.7 Å². The molecular weight excluding hydrogens is 286 g/mol. The molecule has 0 saturated heterocycles. The van der Waals surface area contributed by atoms with Crippen LogP contribution in [0.4, 0.5) is 0 Å². The maximum absolute atomic E-state index is 11.7. The lowest BCUT2D eigenvalue weighted by Crippen LogP contribution is -2.41. The Morgan fingerprint density at radius 2 is 2.11 bits per heavy atom. The zero-order chi connectivity index (χ0) is 14.3. The predicted molar refractivity (Wildman–Crippen MR) is 76.7 cm³/mol. The smallest absolute Gasteiger partial charge is 0.326 e. The molecular formula is C13H16ClNO3S. The summed E-state index contributed by atoms with van der Waals surface area (Å²) in [5, 5.41) is 12.0. The highest BCUT2D eigenvalue weighted by Crippen LogP contribution is 2.26. The van der Waals surface area contributed by atoms with Gasteiger partial charge in [-0.3, -0.25) is 4.79 Å². The number of carbonyl (C=O) groups excluding carboxylic acids is 1. The standard InChI is InChI=1S/C13H16ClNO3S/c1-2-5-10(13(17)18)15-12(16)8-19-11-7-4-3-6-9(11)14/h3-4,6-7,10H,2,5,8H2,1H3,(H,15,16)(H,17,18)/t10-/m1/s1. The quantitative estimate of drug-likeness (QED) is 0.760. The first-order chi connectivity index (χ1) is 9.04. The van der Waals surface area contributed by atoms with Crippen molar-refractivity contribution in [1.82, 2.24) is 5.32 Å². The SMILES string of the molecule is CCC[C@@H](NC(=O)CSc1ccccc1Cl)C(=O)O. The van der Waals surface area contributed by atoms with Gasteiger partial charge in [-0.15, -0.1) is 11.8 Å². The van der Waals surface area contributed by atoms with E-state index >= 15 is 0 Å². The minimum Gasteiger partial charge on any atom is -0.480 e. The third kappa shape index (κ3) is 5.53. The lowest BCUT2D eigenvalue weighted by atomic mass is 10.2. The average Bonchev–Trinajstić information content (AvgIpc) is 2.37. The van der Waals surface area contributed by atoms with Crippen molar-refractivity contribution in [2.24, 2.45) is 0 Å². The molecule has 1 atom stereocenters. The molecule has 1 aromatic rings. The van der Waals surface area contributed by atoms with E-state index in [1.165, 1.54) is 11.8 Å². The number of hydrogen-bond donors (Lipinski definition) is 2. The van der Waals surface area contributed by atoms with Crippen molar-refractivity contribution in [2.75, 3.05) is 5.75 Å². The van der Waals surface area contributed by atoms with Crippen LogP contribution in [-0.4, -0.2) is 28.8 Å². The Morgan fingerprint density at radius 3 is 2.68 bits per heavy atom. The minimum atomic E-state index is -1.00. The topological polar surface area (TPSA) is 66.4 Å². The number of benzene rings is 1. The van der Waals surface area contributed by atoms with E-state index in [1.807, 2.05) is 25.1 Å². The van der Waals surface area contributed by atoms with E-state index in [9.17, 15) is 9.59 Å². The first-order valence-electron chi connectivity index (χ1n) is 5.94. The maximum atomic E-state index is 11.7. The molecule has 104 valence electrons. The highest BCUT2D eigenvalue weighted by molar-refractivity contribution is 8.00. The van der Waals surface area contributed by atoms with Crippen molar-refractivity contribution in [1.29, 1.82) is 0 Å². The van der Waals surface area contributed by atoms with Crippen LogP contribution in [-0.2, 0) is 9.59 Å². The van der Waals surface area contributed by atoms with Crippen LogP contribution >= 0.6 is 23.4 Å². The summed E-state index contributed by atoms with van der Waals surface area (Å²) in [7, 11) is 0. The van der Waals surface area contributed by atoms with E-state index in [-0.39, 0.29) is 11.7 Å². The van der Waals surface area contributed by atoms with Gasteiger partial charge in [0, 0.05) is 4.90 Å². The first kappa shape index (κ1) is 15.9. The molecule has 19 heavy (non-hydrogen) atoms. The minimum absolute atomic E-state index is 0.150. The fraction of sp³-hybridized carbons (Fsp3) is 0.385. The summed E-state index contributed by atoms with van der Waals surface area (Å²) >= 11 is 7.26. The van der Waals surface area contributed by atoms with Crippen molar-refractivity contribution < 1.29 is 14.7 Å². The largest absolute Gasteiger partial charge is 0.480 e. The fourth-order valence-corrected chi connectivity index (χ4v) is 2.54. The number of hydrogen-bond acceptors (Lipinski definition) is 3. The molecule has 0 fully saturated rings. The summed E-state index contributed by atoms with van der Waals surface area (Å²) in [5.74, 6) is -1.15. The van der Waals surface area contributed by atoms with Gasteiger partial charge in [-0.25, -0.2) is 4.79 Å². The van der Waals surface area contributed by atoms with Gasteiger partial charge in [0.15, 0.2) is 0 Å². The van der Waals surface area contributed by atoms with Crippen molar-refractivity contribution in [3.05, 3.63) is 29.3 Å². The lowest BCUT2D eigenvalue weighted by molar-refractivity contribution is -0.141. The molecule has 0 radical (unpaired) electrons. The number of halogens is 1. The van der Waals surface area contributed by atoms with E-state index in [2.05, 4.69) is 5.32 Å². The van der Waals surface area contributed by atoms with Gasteiger partial charge in [0.1, 0.15) is 6.04 Å². The summed E-state index contributed by atoms with van der Waals surface area (Å²) < 4.78 is 0. The molecule has 0 bridgehead atoms. The first-order valence-corrected chi connectivity index (χ1v) is 7.30. The van der Waals surface area contributed by atoms with Crippen LogP contribution in [0.5, 0.6) is 0 Å². The Balaban J connectivity index is 2.47. The lowest BCUT2D eigenvalue weighted by Gasteiger charge is -2.13. The molecule has 6 heteroatoms. The number of thioether (sulfide) groups is 1.